The number of aliphatic hydroxyl groups is 1. The van der Waals surface area contributed by atoms with Gasteiger partial charge < -0.3 is 5.11 Å². The smallest absolute Gasteiger partial charge is 0.384 e. The number of aliphatic hydroxyl groups excluding tert-OH is 1. The summed E-state index contributed by atoms with van der Waals surface area (Å²) >= 11 is 0. The maximum Gasteiger partial charge on any atom is 1.00 e. The molecule has 1 rings (SSSR count). The number of hydrogen-bond acceptors (Lipinski definition) is 1. The van der Waals surface area contributed by atoms with Crippen molar-refractivity contribution in [2.45, 2.75) is 18.7 Å². The van der Waals surface area contributed by atoms with Gasteiger partial charge in [-0.25, -0.2) is 0 Å². The molecule has 0 heterocycles. The fourth-order valence-corrected chi connectivity index (χ4v) is 0.896. The largest absolute Gasteiger partial charge is 1.00 e. The second-order valence-corrected chi connectivity index (χ2v) is 2.67. The van der Waals surface area contributed by atoms with Crippen molar-refractivity contribution in [3.05, 3.63) is 35.9 Å². The van der Waals surface area contributed by atoms with Crippen molar-refractivity contribution < 1.29 is 87.2 Å². The molecule has 0 radical (unpaired) electrons. The maximum absolute atomic E-state index is 11.9. The van der Waals surface area contributed by atoms with Crippen LogP contribution >= 0.6 is 0 Å². The predicted octanol–water partition coefficient (Wildman–Crippen LogP) is -1.04. The van der Waals surface area contributed by atoms with Crippen molar-refractivity contribution in [1.82, 2.24) is 0 Å². The number of halogens is 3. The van der Waals surface area contributed by atoms with Gasteiger partial charge in [-0.2, -0.15) is 49.1 Å². The molecule has 5 heteroatoms. The summed E-state index contributed by atoms with van der Waals surface area (Å²) in [5.74, 6) is 0. The molecule has 0 spiro atoms. The molecule has 14 heavy (non-hydrogen) atoms. The molecule has 0 aromatic heterocycles. The van der Waals surface area contributed by atoms with Gasteiger partial charge in [0.25, 0.3) is 0 Å². The first-order valence-corrected chi connectivity index (χ1v) is 3.70. The van der Waals surface area contributed by atoms with Crippen LogP contribution in [-0.2, 0) is 6.42 Å². The summed E-state index contributed by atoms with van der Waals surface area (Å²) in [6, 6.07) is 8.75. The molecule has 0 aliphatic carbocycles. The van der Waals surface area contributed by atoms with E-state index in [1.165, 1.54) is 12.1 Å². The Bertz CT molecular complexity index is 261. The van der Waals surface area contributed by atoms with E-state index < -0.39 is 18.7 Å². The van der Waals surface area contributed by atoms with Crippen LogP contribution < -0.4 is 68.9 Å². The normalized spacial score (nSPS) is 13.1. The summed E-state index contributed by atoms with van der Waals surface area (Å²) in [5.41, 5.74) is 0.423. The molecule has 72 valence electrons. The first-order valence-electron chi connectivity index (χ1n) is 3.70. The summed E-state index contributed by atoms with van der Waals surface area (Å²) in [6.45, 7) is 0. The Kier molecular flexibility index (Phi) is 7.05. The third-order valence-electron chi connectivity index (χ3n) is 1.58. The van der Waals surface area contributed by atoms with Crippen molar-refractivity contribution in [3.63, 3.8) is 0 Å². The zero-order valence-corrected chi connectivity index (χ0v) is 14.0. The van der Waals surface area contributed by atoms with Crippen LogP contribution in [0.4, 0.5) is 13.2 Å². The Morgan fingerprint density at radius 3 is 2.50 bits per heavy atom. The summed E-state index contributed by atoms with van der Waals surface area (Å²) < 4.78 is 35.6. The van der Waals surface area contributed by atoms with Gasteiger partial charge in [0, 0.05) is 0 Å². The standard InChI is InChI=1S/C9H8F3O.Cs/c10-9(11,12)8(13)6-7-4-2-1-3-5-7;/h1-2,4-5,8,13H,6H2;/q-1;+1. The van der Waals surface area contributed by atoms with E-state index in [1.807, 2.05) is 0 Å². The third kappa shape index (κ3) is 5.20. The van der Waals surface area contributed by atoms with E-state index in [0.29, 0.717) is 5.56 Å². The fraction of sp³-hybridized carbons (Fsp3) is 0.333. The van der Waals surface area contributed by atoms with E-state index in [1.54, 1.807) is 12.1 Å². The SMILES string of the molecule is OC(Cc1c[c-]ccc1)C(F)(F)F.[Cs+]. The van der Waals surface area contributed by atoms with Gasteiger partial charge >= 0.3 is 75.1 Å². The maximum atomic E-state index is 11.9. The van der Waals surface area contributed by atoms with Gasteiger partial charge in [0.15, 0.2) is 0 Å². The molecule has 1 unspecified atom stereocenters. The van der Waals surface area contributed by atoms with Crippen LogP contribution in [0.5, 0.6) is 0 Å². The molecule has 0 amide bonds. The number of rotatable bonds is 2. The van der Waals surface area contributed by atoms with Crippen LogP contribution in [0.25, 0.3) is 0 Å². The van der Waals surface area contributed by atoms with Crippen LogP contribution in [0, 0.1) is 6.07 Å². The van der Waals surface area contributed by atoms with Gasteiger partial charge in [0.05, 0.1) is 0 Å². The number of hydrogen-bond donors (Lipinski definition) is 1. The van der Waals surface area contributed by atoms with Crippen LogP contribution in [0.2, 0.25) is 0 Å². The Labute approximate surface area is 139 Å². The van der Waals surface area contributed by atoms with Gasteiger partial charge in [0.2, 0.25) is 0 Å². The Balaban J connectivity index is 0.00000169. The molecule has 1 atom stereocenters. The summed E-state index contributed by atoms with van der Waals surface area (Å²) in [4.78, 5) is 0. The van der Waals surface area contributed by atoms with Crippen molar-refractivity contribution >= 4 is 0 Å². The molecule has 0 fully saturated rings. The van der Waals surface area contributed by atoms with Crippen molar-refractivity contribution in [2.75, 3.05) is 0 Å². The van der Waals surface area contributed by atoms with E-state index in [0.717, 1.165) is 0 Å². The van der Waals surface area contributed by atoms with E-state index in [-0.39, 0.29) is 68.9 Å². The number of alkyl halides is 3. The monoisotopic (exact) mass is 322 g/mol. The van der Waals surface area contributed by atoms with Gasteiger partial charge in [-0.1, -0.05) is 0 Å². The van der Waals surface area contributed by atoms with Crippen LogP contribution in [0.1, 0.15) is 5.56 Å². The molecular weight excluding hydrogens is 314 g/mol. The zero-order chi connectivity index (χ0) is 9.90. The summed E-state index contributed by atoms with van der Waals surface area (Å²) in [6.07, 6.45) is -7.25. The fourth-order valence-electron chi connectivity index (χ4n) is 0.896. The van der Waals surface area contributed by atoms with Crippen molar-refractivity contribution in [1.29, 1.82) is 0 Å². The average Bonchev–Trinajstić information content (AvgIpc) is 2.04. The van der Waals surface area contributed by atoms with Crippen LogP contribution in [-0.4, -0.2) is 17.4 Å². The second-order valence-electron chi connectivity index (χ2n) is 2.67. The van der Waals surface area contributed by atoms with E-state index in [4.69, 9.17) is 5.11 Å². The molecule has 0 aliphatic heterocycles. The molecule has 0 saturated carbocycles. The minimum atomic E-state index is -4.55. The van der Waals surface area contributed by atoms with E-state index in [9.17, 15) is 13.2 Å². The first kappa shape index (κ1) is 15.0. The number of benzene rings is 1. The van der Waals surface area contributed by atoms with Gasteiger partial charge in [-0.05, 0) is 6.42 Å². The Morgan fingerprint density at radius 1 is 1.43 bits per heavy atom. The van der Waals surface area contributed by atoms with Crippen LogP contribution in [0.15, 0.2) is 24.3 Å². The van der Waals surface area contributed by atoms with Gasteiger partial charge in [0.1, 0.15) is 6.10 Å². The Hall–Kier alpha value is 1.02. The summed E-state index contributed by atoms with van der Waals surface area (Å²) in [5, 5.41) is 8.70. The van der Waals surface area contributed by atoms with Crippen molar-refractivity contribution in [3.8, 4) is 0 Å². The predicted molar refractivity (Wildman–Crippen MR) is 41.0 cm³/mol. The molecule has 0 bridgehead atoms. The Morgan fingerprint density at radius 2 is 2.07 bits per heavy atom. The molecular formula is C9H8CsF3O. The molecule has 1 nitrogen and oxygen atoms in total. The summed E-state index contributed by atoms with van der Waals surface area (Å²) in [7, 11) is 0. The first-order chi connectivity index (χ1) is 6.00. The second kappa shape index (κ2) is 6.57. The van der Waals surface area contributed by atoms with E-state index in [2.05, 4.69) is 6.07 Å². The van der Waals surface area contributed by atoms with Gasteiger partial charge in [-0.15, -0.1) is 0 Å². The minimum absolute atomic E-state index is 0. The average molecular weight is 322 g/mol. The molecule has 1 aromatic carbocycles. The zero-order valence-electron chi connectivity index (χ0n) is 7.67. The van der Waals surface area contributed by atoms with Crippen LogP contribution in [0.3, 0.4) is 0 Å². The molecule has 0 aliphatic rings. The van der Waals surface area contributed by atoms with E-state index >= 15 is 0 Å². The van der Waals surface area contributed by atoms with Gasteiger partial charge in [-0.3, -0.25) is 0 Å². The molecule has 1 N–H and O–H groups in total. The molecule has 0 saturated heterocycles. The minimum Gasteiger partial charge on any atom is -0.384 e. The quantitative estimate of drug-likeness (QED) is 0.690. The topological polar surface area (TPSA) is 20.2 Å². The molecule has 1 aromatic rings. The third-order valence-corrected chi connectivity index (χ3v) is 1.58. The van der Waals surface area contributed by atoms with Crippen molar-refractivity contribution in [2.24, 2.45) is 0 Å².